The van der Waals surface area contributed by atoms with Crippen molar-refractivity contribution in [1.29, 1.82) is 10.5 Å². The van der Waals surface area contributed by atoms with Gasteiger partial charge in [0, 0.05) is 12.6 Å². The van der Waals surface area contributed by atoms with Gasteiger partial charge >= 0.3 is 0 Å². The summed E-state index contributed by atoms with van der Waals surface area (Å²) in [5.74, 6) is 0. The number of anilines is 1. The normalized spacial score (nSPS) is 11.7. The molecule has 0 aromatic heterocycles. The summed E-state index contributed by atoms with van der Waals surface area (Å²) in [4.78, 5) is 2.33. The summed E-state index contributed by atoms with van der Waals surface area (Å²) in [5, 5.41) is 21.4. The van der Waals surface area contributed by atoms with Gasteiger partial charge in [-0.2, -0.15) is 10.5 Å². The highest BCUT2D eigenvalue weighted by Crippen LogP contribution is 2.20. The molecule has 4 nitrogen and oxygen atoms in total. The van der Waals surface area contributed by atoms with Gasteiger partial charge in [0.25, 0.3) is 0 Å². The standard InChI is InChI=1S/C15H20N4/c1-4-19(5-2)12(3)11-18-15-13(9-16)7-6-8-14(15)10-17/h6-8,12,18H,4-5,11H2,1-3H3. The summed E-state index contributed by atoms with van der Waals surface area (Å²) in [6.07, 6.45) is 0. The largest absolute Gasteiger partial charge is 0.381 e. The zero-order chi connectivity index (χ0) is 14.3. The van der Waals surface area contributed by atoms with E-state index < -0.39 is 0 Å². The van der Waals surface area contributed by atoms with Crippen LogP contribution in [0.3, 0.4) is 0 Å². The molecular weight excluding hydrogens is 236 g/mol. The Morgan fingerprint density at radius 1 is 1.16 bits per heavy atom. The van der Waals surface area contributed by atoms with Crippen LogP contribution in [-0.4, -0.2) is 30.6 Å². The smallest absolute Gasteiger partial charge is 0.101 e. The Hall–Kier alpha value is -2.04. The number of likely N-dealkylation sites (N-methyl/N-ethyl adjacent to an activating group) is 1. The number of nitrogens with zero attached hydrogens (tertiary/aromatic N) is 3. The molecule has 0 aliphatic rings. The topological polar surface area (TPSA) is 62.9 Å². The fourth-order valence-electron chi connectivity index (χ4n) is 2.15. The van der Waals surface area contributed by atoms with Crippen molar-refractivity contribution in [1.82, 2.24) is 4.90 Å². The third-order valence-corrected chi connectivity index (χ3v) is 3.32. The predicted octanol–water partition coefficient (Wildman–Crippen LogP) is 2.57. The van der Waals surface area contributed by atoms with Gasteiger partial charge in [0.15, 0.2) is 0 Å². The second kappa shape index (κ2) is 7.41. The Morgan fingerprint density at radius 2 is 1.68 bits per heavy atom. The second-order valence-electron chi connectivity index (χ2n) is 4.40. The molecule has 1 aromatic rings. The average Bonchev–Trinajstić information content (AvgIpc) is 2.45. The maximum Gasteiger partial charge on any atom is 0.101 e. The molecule has 100 valence electrons. The van der Waals surface area contributed by atoms with Crippen molar-refractivity contribution in [2.75, 3.05) is 25.0 Å². The van der Waals surface area contributed by atoms with Crippen LogP contribution in [0, 0.1) is 22.7 Å². The molecule has 0 spiro atoms. The zero-order valence-electron chi connectivity index (χ0n) is 11.8. The van der Waals surface area contributed by atoms with Crippen LogP contribution in [0.2, 0.25) is 0 Å². The van der Waals surface area contributed by atoms with E-state index in [4.69, 9.17) is 10.5 Å². The quantitative estimate of drug-likeness (QED) is 0.849. The predicted molar refractivity (Wildman–Crippen MR) is 76.7 cm³/mol. The average molecular weight is 256 g/mol. The van der Waals surface area contributed by atoms with Crippen LogP contribution in [-0.2, 0) is 0 Å². The Kier molecular flexibility index (Phi) is 5.85. The van der Waals surface area contributed by atoms with Crippen molar-refractivity contribution in [3.8, 4) is 12.1 Å². The summed E-state index contributed by atoms with van der Waals surface area (Å²) in [6, 6.07) is 9.79. The van der Waals surface area contributed by atoms with Crippen LogP contribution in [0.25, 0.3) is 0 Å². The van der Waals surface area contributed by atoms with Gasteiger partial charge in [0.2, 0.25) is 0 Å². The molecule has 1 rings (SSSR count). The van der Waals surface area contributed by atoms with Gasteiger partial charge in [-0.3, -0.25) is 4.90 Å². The minimum absolute atomic E-state index is 0.355. The molecule has 1 atom stereocenters. The minimum atomic E-state index is 0.355. The van der Waals surface area contributed by atoms with Crippen LogP contribution in [0.15, 0.2) is 18.2 Å². The first-order valence-electron chi connectivity index (χ1n) is 6.59. The first-order valence-corrected chi connectivity index (χ1v) is 6.59. The van der Waals surface area contributed by atoms with Crippen molar-refractivity contribution < 1.29 is 0 Å². The van der Waals surface area contributed by atoms with Crippen molar-refractivity contribution in [3.05, 3.63) is 29.3 Å². The Labute approximate surface area is 115 Å². The molecule has 1 aromatic carbocycles. The van der Waals surface area contributed by atoms with Crippen molar-refractivity contribution >= 4 is 5.69 Å². The number of hydrogen-bond donors (Lipinski definition) is 1. The van der Waals surface area contributed by atoms with E-state index in [1.165, 1.54) is 0 Å². The molecule has 4 heteroatoms. The van der Waals surface area contributed by atoms with Crippen LogP contribution < -0.4 is 5.32 Å². The van der Waals surface area contributed by atoms with Gasteiger partial charge < -0.3 is 5.32 Å². The zero-order valence-corrected chi connectivity index (χ0v) is 11.8. The van der Waals surface area contributed by atoms with Gasteiger partial charge in [0.1, 0.15) is 12.1 Å². The molecule has 0 aliphatic carbocycles. The lowest BCUT2D eigenvalue weighted by atomic mass is 10.1. The molecule has 19 heavy (non-hydrogen) atoms. The highest BCUT2D eigenvalue weighted by Gasteiger charge is 2.12. The van der Waals surface area contributed by atoms with Crippen molar-refractivity contribution in [2.45, 2.75) is 26.8 Å². The number of nitriles is 2. The van der Waals surface area contributed by atoms with Gasteiger partial charge in [-0.1, -0.05) is 19.9 Å². The van der Waals surface area contributed by atoms with E-state index in [0.717, 1.165) is 19.6 Å². The summed E-state index contributed by atoms with van der Waals surface area (Å²) in [7, 11) is 0. The van der Waals surface area contributed by atoms with Gasteiger partial charge in [-0.15, -0.1) is 0 Å². The summed E-state index contributed by atoms with van der Waals surface area (Å²) < 4.78 is 0. The van der Waals surface area contributed by atoms with E-state index >= 15 is 0 Å². The summed E-state index contributed by atoms with van der Waals surface area (Å²) >= 11 is 0. The lowest BCUT2D eigenvalue weighted by molar-refractivity contribution is 0.240. The molecule has 0 heterocycles. The van der Waals surface area contributed by atoms with Gasteiger partial charge in [-0.25, -0.2) is 0 Å². The first kappa shape index (κ1) is 15.0. The van der Waals surface area contributed by atoms with E-state index in [1.54, 1.807) is 18.2 Å². The highest BCUT2D eigenvalue weighted by molar-refractivity contribution is 5.66. The molecular formula is C15H20N4. The van der Waals surface area contributed by atoms with Crippen LogP contribution in [0.4, 0.5) is 5.69 Å². The van der Waals surface area contributed by atoms with Crippen LogP contribution in [0.5, 0.6) is 0 Å². The number of rotatable bonds is 6. The van der Waals surface area contributed by atoms with Crippen LogP contribution in [0.1, 0.15) is 31.9 Å². The molecule has 0 fully saturated rings. The lowest BCUT2D eigenvalue weighted by Crippen LogP contribution is -2.37. The SMILES string of the molecule is CCN(CC)C(C)CNc1c(C#N)cccc1C#N. The van der Waals surface area contributed by atoms with Crippen LogP contribution >= 0.6 is 0 Å². The summed E-state index contributed by atoms with van der Waals surface area (Å²) in [6.45, 7) is 9.10. The third-order valence-electron chi connectivity index (χ3n) is 3.32. The van der Waals surface area contributed by atoms with E-state index in [1.807, 2.05) is 0 Å². The molecule has 0 amide bonds. The Bertz CT molecular complexity index is 460. The number of hydrogen-bond acceptors (Lipinski definition) is 4. The van der Waals surface area contributed by atoms with Gasteiger partial charge in [0.05, 0.1) is 16.8 Å². The van der Waals surface area contributed by atoms with E-state index in [-0.39, 0.29) is 0 Å². The molecule has 1 N–H and O–H groups in total. The first-order chi connectivity index (χ1) is 9.17. The van der Waals surface area contributed by atoms with E-state index in [9.17, 15) is 0 Å². The number of para-hydroxylation sites is 1. The number of benzene rings is 1. The molecule has 0 saturated carbocycles. The monoisotopic (exact) mass is 256 g/mol. The molecule has 0 saturated heterocycles. The lowest BCUT2D eigenvalue weighted by Gasteiger charge is -2.27. The molecule has 0 radical (unpaired) electrons. The van der Waals surface area contributed by atoms with Crippen molar-refractivity contribution in [2.24, 2.45) is 0 Å². The van der Waals surface area contributed by atoms with Gasteiger partial charge in [-0.05, 0) is 32.1 Å². The van der Waals surface area contributed by atoms with Crippen molar-refractivity contribution in [3.63, 3.8) is 0 Å². The van der Waals surface area contributed by atoms with E-state index in [0.29, 0.717) is 22.9 Å². The minimum Gasteiger partial charge on any atom is -0.381 e. The Morgan fingerprint density at radius 3 is 2.11 bits per heavy atom. The maximum atomic E-state index is 9.10. The van der Waals surface area contributed by atoms with E-state index in [2.05, 4.69) is 43.1 Å². The highest BCUT2D eigenvalue weighted by atomic mass is 15.2. The number of nitrogens with one attached hydrogen (secondary N) is 1. The Balaban J connectivity index is 2.84. The summed E-state index contributed by atoms with van der Waals surface area (Å²) in [5.41, 5.74) is 1.68. The maximum absolute atomic E-state index is 9.10. The third kappa shape index (κ3) is 3.71. The molecule has 0 aliphatic heterocycles. The molecule has 1 unspecified atom stereocenters. The molecule has 0 bridgehead atoms. The fourth-order valence-corrected chi connectivity index (χ4v) is 2.15. The second-order valence-corrected chi connectivity index (χ2v) is 4.40. The fraction of sp³-hybridized carbons (Fsp3) is 0.467.